The van der Waals surface area contributed by atoms with Crippen molar-refractivity contribution in [3.05, 3.63) is 29.3 Å². The summed E-state index contributed by atoms with van der Waals surface area (Å²) in [5.41, 5.74) is 1.84. The predicted octanol–water partition coefficient (Wildman–Crippen LogP) is 1.63. The van der Waals surface area contributed by atoms with Crippen molar-refractivity contribution >= 4 is 27.8 Å². The number of carbonyl (C=O) groups is 2. The van der Waals surface area contributed by atoms with Crippen LogP contribution in [-0.4, -0.2) is 62.7 Å². The summed E-state index contributed by atoms with van der Waals surface area (Å²) in [6, 6.07) is 4.98. The molecule has 1 aliphatic heterocycles. The Balaban J connectivity index is 1.98. The molecule has 0 spiro atoms. The number of piperidine rings is 1. The van der Waals surface area contributed by atoms with Gasteiger partial charge in [0.25, 0.3) is 10.2 Å². The minimum absolute atomic E-state index is 0.135. The van der Waals surface area contributed by atoms with Crippen molar-refractivity contribution in [1.82, 2.24) is 8.61 Å². The van der Waals surface area contributed by atoms with Gasteiger partial charge in [0.2, 0.25) is 5.91 Å². The fourth-order valence-electron chi connectivity index (χ4n) is 2.96. The Kier molecular flexibility index (Phi) is 6.96. The lowest BCUT2D eigenvalue weighted by Gasteiger charge is -2.32. The normalized spacial score (nSPS) is 16.3. The van der Waals surface area contributed by atoms with Gasteiger partial charge in [-0.05, 0) is 50.5 Å². The molecule has 0 radical (unpaired) electrons. The Morgan fingerprint density at radius 3 is 2.41 bits per heavy atom. The number of nitrogens with zero attached hydrogens (tertiary/aromatic N) is 2. The highest BCUT2D eigenvalue weighted by Gasteiger charge is 2.32. The maximum absolute atomic E-state index is 12.6. The van der Waals surface area contributed by atoms with Crippen LogP contribution in [0.3, 0.4) is 0 Å². The highest BCUT2D eigenvalue weighted by molar-refractivity contribution is 7.86. The summed E-state index contributed by atoms with van der Waals surface area (Å²) in [7, 11) is -0.447. The van der Waals surface area contributed by atoms with E-state index in [0.29, 0.717) is 43.8 Å². The van der Waals surface area contributed by atoms with Gasteiger partial charge in [-0.3, -0.25) is 4.79 Å². The first kappa shape index (κ1) is 21.3. The van der Waals surface area contributed by atoms with Crippen LogP contribution in [0.15, 0.2) is 18.2 Å². The van der Waals surface area contributed by atoms with Gasteiger partial charge in [0, 0.05) is 38.8 Å². The molecular weight excluding hydrogens is 370 g/mol. The number of hydrogen-bond acceptors (Lipinski definition) is 5. The van der Waals surface area contributed by atoms with Gasteiger partial charge in [-0.25, -0.2) is 4.79 Å². The van der Waals surface area contributed by atoms with Crippen LogP contribution in [0.2, 0.25) is 0 Å². The molecule has 150 valence electrons. The molecule has 8 nitrogen and oxygen atoms in total. The van der Waals surface area contributed by atoms with Crippen molar-refractivity contribution in [3.8, 4) is 0 Å². The van der Waals surface area contributed by atoms with Crippen molar-refractivity contribution in [2.24, 2.45) is 5.92 Å². The van der Waals surface area contributed by atoms with Gasteiger partial charge in [-0.1, -0.05) is 0 Å². The molecule has 0 aliphatic carbocycles. The second-order valence-corrected chi connectivity index (χ2v) is 8.85. The Labute approximate surface area is 160 Å². The zero-order valence-electron chi connectivity index (χ0n) is 16.2. The second-order valence-electron chi connectivity index (χ2n) is 6.70. The number of ether oxygens (including phenoxy) is 1. The second kappa shape index (κ2) is 8.81. The molecule has 0 aromatic heterocycles. The molecule has 0 atom stereocenters. The molecule has 1 aliphatic rings. The Morgan fingerprint density at radius 2 is 1.89 bits per heavy atom. The number of esters is 1. The monoisotopic (exact) mass is 397 g/mol. The van der Waals surface area contributed by atoms with E-state index in [1.165, 1.54) is 22.7 Å². The number of anilines is 1. The first-order valence-corrected chi connectivity index (χ1v) is 10.3. The van der Waals surface area contributed by atoms with Crippen LogP contribution in [-0.2, 0) is 19.7 Å². The van der Waals surface area contributed by atoms with E-state index in [9.17, 15) is 18.0 Å². The summed E-state index contributed by atoms with van der Waals surface area (Å²) in [5.74, 6) is -0.778. The fraction of sp³-hybridized carbons (Fsp3) is 0.556. The summed E-state index contributed by atoms with van der Waals surface area (Å²) in [5, 5.41) is 2.88. The molecule has 0 unspecified atom stereocenters. The van der Waals surface area contributed by atoms with E-state index < -0.39 is 16.2 Å². The number of nitrogens with one attached hydrogen (secondary N) is 1. The van der Waals surface area contributed by atoms with E-state index in [0.717, 1.165) is 5.56 Å². The van der Waals surface area contributed by atoms with Crippen LogP contribution >= 0.6 is 0 Å². The van der Waals surface area contributed by atoms with Crippen LogP contribution in [0.5, 0.6) is 0 Å². The zero-order valence-corrected chi connectivity index (χ0v) is 17.0. The molecule has 2 rings (SSSR count). The lowest BCUT2D eigenvalue weighted by atomic mass is 9.97. The number of aryl methyl sites for hydroxylation is 1. The third-order valence-electron chi connectivity index (χ3n) is 4.61. The molecule has 1 aromatic rings. The maximum Gasteiger partial charge on any atom is 0.338 e. The first-order valence-electron chi connectivity index (χ1n) is 8.93. The summed E-state index contributed by atoms with van der Waals surface area (Å²) < 4.78 is 31.8. The molecule has 1 heterocycles. The Bertz CT molecular complexity index is 799. The molecule has 9 heteroatoms. The number of rotatable bonds is 6. The molecule has 27 heavy (non-hydrogen) atoms. The minimum atomic E-state index is -3.44. The molecule has 0 bridgehead atoms. The van der Waals surface area contributed by atoms with Crippen molar-refractivity contribution in [1.29, 1.82) is 0 Å². The molecule has 1 saturated heterocycles. The summed E-state index contributed by atoms with van der Waals surface area (Å²) >= 11 is 0. The van der Waals surface area contributed by atoms with Crippen LogP contribution in [0.25, 0.3) is 0 Å². The highest BCUT2D eigenvalue weighted by Crippen LogP contribution is 2.24. The van der Waals surface area contributed by atoms with E-state index in [2.05, 4.69) is 5.32 Å². The number of carbonyl (C=O) groups excluding carboxylic acids is 2. The largest absolute Gasteiger partial charge is 0.462 e. The van der Waals surface area contributed by atoms with E-state index in [1.807, 2.05) is 6.92 Å². The average molecular weight is 397 g/mol. The topological polar surface area (TPSA) is 96.0 Å². The standard InChI is InChI=1S/C18H27N3O5S/c1-5-26-18(23)15-6-7-16(13(2)12-15)19-17(22)14-8-10-21(11-9-14)27(24,25)20(3)4/h6-7,12,14H,5,8-11H2,1-4H3,(H,19,22). The van der Waals surface area contributed by atoms with Crippen LogP contribution in [0.4, 0.5) is 5.69 Å². The van der Waals surface area contributed by atoms with Gasteiger partial charge in [0.15, 0.2) is 0 Å². The van der Waals surface area contributed by atoms with Gasteiger partial charge in [0.1, 0.15) is 0 Å². The fourth-order valence-corrected chi connectivity index (χ4v) is 4.09. The zero-order chi connectivity index (χ0) is 20.2. The summed E-state index contributed by atoms with van der Waals surface area (Å²) in [6.45, 7) is 4.50. The van der Waals surface area contributed by atoms with Crippen molar-refractivity contribution in [3.63, 3.8) is 0 Å². The van der Waals surface area contributed by atoms with Crippen LogP contribution < -0.4 is 5.32 Å². The SMILES string of the molecule is CCOC(=O)c1ccc(NC(=O)C2CCN(S(=O)(=O)N(C)C)CC2)c(C)c1. The Hall–Kier alpha value is -1.97. The molecule has 1 fully saturated rings. The highest BCUT2D eigenvalue weighted by atomic mass is 32.2. The molecule has 1 N–H and O–H groups in total. The maximum atomic E-state index is 12.6. The van der Waals surface area contributed by atoms with E-state index in [1.54, 1.807) is 25.1 Å². The third kappa shape index (κ3) is 5.06. The lowest BCUT2D eigenvalue weighted by molar-refractivity contribution is -0.120. The van der Waals surface area contributed by atoms with Crippen LogP contribution in [0, 0.1) is 12.8 Å². The predicted molar refractivity (Wildman–Crippen MR) is 103 cm³/mol. The van der Waals surface area contributed by atoms with Gasteiger partial charge in [-0.15, -0.1) is 0 Å². The van der Waals surface area contributed by atoms with Gasteiger partial charge in [-0.2, -0.15) is 17.0 Å². The number of hydrogen-bond donors (Lipinski definition) is 1. The molecule has 0 saturated carbocycles. The quantitative estimate of drug-likeness (QED) is 0.736. The summed E-state index contributed by atoms with van der Waals surface area (Å²) in [4.78, 5) is 24.3. The van der Waals surface area contributed by atoms with Crippen molar-refractivity contribution < 1.29 is 22.7 Å². The molecule has 1 aromatic carbocycles. The van der Waals surface area contributed by atoms with Gasteiger partial charge >= 0.3 is 5.97 Å². The number of benzene rings is 1. The van der Waals surface area contributed by atoms with E-state index in [-0.39, 0.29) is 11.8 Å². The Morgan fingerprint density at radius 1 is 1.26 bits per heavy atom. The van der Waals surface area contributed by atoms with Crippen LogP contribution in [0.1, 0.15) is 35.7 Å². The minimum Gasteiger partial charge on any atom is -0.462 e. The van der Waals surface area contributed by atoms with Gasteiger partial charge in [0.05, 0.1) is 12.2 Å². The lowest BCUT2D eigenvalue weighted by Crippen LogP contribution is -2.46. The van der Waals surface area contributed by atoms with Crippen molar-refractivity contribution in [2.75, 3.05) is 39.1 Å². The molecule has 1 amide bonds. The summed E-state index contributed by atoms with van der Waals surface area (Å²) in [6.07, 6.45) is 0.942. The number of amides is 1. The van der Waals surface area contributed by atoms with Gasteiger partial charge < -0.3 is 10.1 Å². The molecular formula is C18H27N3O5S. The smallest absolute Gasteiger partial charge is 0.338 e. The van der Waals surface area contributed by atoms with E-state index >= 15 is 0 Å². The first-order chi connectivity index (χ1) is 12.7. The third-order valence-corrected chi connectivity index (χ3v) is 6.55. The van der Waals surface area contributed by atoms with E-state index in [4.69, 9.17) is 4.74 Å². The average Bonchev–Trinajstić information content (AvgIpc) is 2.63. The van der Waals surface area contributed by atoms with Crippen molar-refractivity contribution in [2.45, 2.75) is 26.7 Å².